The number of hydrogen-bond donors (Lipinski definition) is 1. The predicted octanol–water partition coefficient (Wildman–Crippen LogP) is 3.97. The molecule has 0 aliphatic rings. The van der Waals surface area contributed by atoms with Crippen molar-refractivity contribution in [2.24, 2.45) is 0 Å². The van der Waals surface area contributed by atoms with E-state index in [1.54, 1.807) is 49.4 Å². The minimum Gasteiger partial charge on any atom is -0.354 e. The molecule has 1 atom stereocenters. The summed E-state index contributed by atoms with van der Waals surface area (Å²) in [4.78, 5) is 26.8. The second kappa shape index (κ2) is 10.1. The molecule has 6 heteroatoms. The third kappa shape index (κ3) is 6.07. The van der Waals surface area contributed by atoms with Crippen molar-refractivity contribution in [3.05, 3.63) is 70.5 Å². The molecule has 0 aromatic heterocycles. The Morgan fingerprint density at radius 2 is 1.93 bits per heavy atom. The number of carbonyl (C=O) groups excluding carboxylic acids is 2. The zero-order chi connectivity index (χ0) is 19.8. The molecule has 4 nitrogen and oxygen atoms in total. The predicted molar refractivity (Wildman–Crippen MR) is 105 cm³/mol. The van der Waals surface area contributed by atoms with E-state index in [-0.39, 0.29) is 24.8 Å². The molecule has 0 aliphatic carbocycles. The fourth-order valence-corrected chi connectivity index (χ4v) is 2.92. The van der Waals surface area contributed by atoms with Crippen molar-refractivity contribution in [3.8, 4) is 0 Å². The molecular weight excluding hydrogens is 367 g/mol. The van der Waals surface area contributed by atoms with Gasteiger partial charge in [0.05, 0.1) is 6.42 Å². The molecule has 1 unspecified atom stereocenters. The number of rotatable bonds is 8. The monoisotopic (exact) mass is 390 g/mol. The molecule has 0 heterocycles. The summed E-state index contributed by atoms with van der Waals surface area (Å²) in [5.41, 5.74) is 1.11. The van der Waals surface area contributed by atoms with Crippen molar-refractivity contribution in [1.29, 1.82) is 0 Å². The summed E-state index contributed by atoms with van der Waals surface area (Å²) in [6.45, 7) is 4.15. The maximum atomic E-state index is 14.1. The summed E-state index contributed by atoms with van der Waals surface area (Å²) < 4.78 is 14.1. The molecule has 2 aromatic rings. The first-order valence-corrected chi connectivity index (χ1v) is 9.35. The first kappa shape index (κ1) is 20.9. The Bertz CT molecular complexity index is 797. The largest absolute Gasteiger partial charge is 0.354 e. The Labute approximate surface area is 164 Å². The molecule has 0 radical (unpaired) electrons. The number of halogens is 2. The lowest BCUT2D eigenvalue weighted by atomic mass is 10.1. The lowest BCUT2D eigenvalue weighted by molar-refractivity contribution is -0.140. The minimum atomic E-state index is -0.720. The van der Waals surface area contributed by atoms with E-state index < -0.39 is 11.9 Å². The fraction of sp³-hybridized carbons (Fsp3) is 0.333. The van der Waals surface area contributed by atoms with E-state index in [1.165, 1.54) is 11.0 Å². The van der Waals surface area contributed by atoms with E-state index in [0.717, 1.165) is 12.0 Å². The van der Waals surface area contributed by atoms with Gasteiger partial charge in [-0.05, 0) is 37.1 Å². The summed E-state index contributed by atoms with van der Waals surface area (Å²) in [5, 5.41) is 3.33. The van der Waals surface area contributed by atoms with Crippen LogP contribution in [0.25, 0.3) is 0 Å². The highest BCUT2D eigenvalue weighted by Gasteiger charge is 2.26. The van der Waals surface area contributed by atoms with E-state index in [2.05, 4.69) is 5.32 Å². The van der Waals surface area contributed by atoms with Gasteiger partial charge < -0.3 is 10.2 Å². The fourth-order valence-electron chi connectivity index (χ4n) is 2.71. The lowest BCUT2D eigenvalue weighted by Gasteiger charge is -2.29. The molecule has 0 bridgehead atoms. The summed E-state index contributed by atoms with van der Waals surface area (Å²) in [5.74, 6) is -0.925. The molecule has 144 valence electrons. The number of nitrogens with one attached hydrogen (secondary N) is 1. The van der Waals surface area contributed by atoms with Crippen LogP contribution in [0.15, 0.2) is 48.5 Å². The third-order valence-corrected chi connectivity index (χ3v) is 4.49. The standard InChI is InChI=1S/C21H24ClFN2O2/c1-3-11-24-21(27)15(2)25(14-17-8-4-5-10-19(17)23)20(26)13-16-7-6-9-18(22)12-16/h4-10,12,15H,3,11,13-14H2,1-2H3,(H,24,27). The van der Waals surface area contributed by atoms with Crippen LogP contribution in [0.3, 0.4) is 0 Å². The van der Waals surface area contributed by atoms with Crippen molar-refractivity contribution in [3.63, 3.8) is 0 Å². The molecule has 0 saturated carbocycles. The van der Waals surface area contributed by atoms with E-state index in [9.17, 15) is 14.0 Å². The summed E-state index contributed by atoms with van der Waals surface area (Å²) in [6, 6.07) is 12.5. The van der Waals surface area contributed by atoms with Crippen molar-refractivity contribution >= 4 is 23.4 Å². The van der Waals surface area contributed by atoms with Gasteiger partial charge in [-0.15, -0.1) is 0 Å². The second-order valence-corrected chi connectivity index (χ2v) is 6.82. The second-order valence-electron chi connectivity index (χ2n) is 6.39. The molecule has 2 amide bonds. The molecule has 1 N–H and O–H groups in total. The van der Waals surface area contributed by atoms with E-state index in [0.29, 0.717) is 17.1 Å². The van der Waals surface area contributed by atoms with E-state index in [1.807, 2.05) is 6.92 Å². The molecule has 2 aromatic carbocycles. The van der Waals surface area contributed by atoms with Crippen LogP contribution in [0.4, 0.5) is 4.39 Å². The van der Waals surface area contributed by atoms with Gasteiger partial charge in [0.15, 0.2) is 0 Å². The summed E-state index contributed by atoms with van der Waals surface area (Å²) >= 11 is 5.99. The quantitative estimate of drug-likeness (QED) is 0.741. The molecule has 0 aliphatic heterocycles. The number of amides is 2. The van der Waals surface area contributed by atoms with Crippen LogP contribution in [-0.4, -0.2) is 29.3 Å². The SMILES string of the molecule is CCCNC(=O)C(C)N(Cc1ccccc1F)C(=O)Cc1cccc(Cl)c1. The highest BCUT2D eigenvalue weighted by molar-refractivity contribution is 6.30. The van der Waals surface area contributed by atoms with Gasteiger partial charge in [0.2, 0.25) is 11.8 Å². The Morgan fingerprint density at radius 3 is 2.59 bits per heavy atom. The van der Waals surface area contributed by atoms with Crippen LogP contribution in [0.2, 0.25) is 5.02 Å². The normalized spacial score (nSPS) is 11.7. The lowest BCUT2D eigenvalue weighted by Crippen LogP contribution is -2.48. The van der Waals surface area contributed by atoms with Gasteiger partial charge >= 0.3 is 0 Å². The van der Waals surface area contributed by atoms with Gasteiger partial charge in [-0.25, -0.2) is 4.39 Å². The van der Waals surface area contributed by atoms with Crippen molar-refractivity contribution in [1.82, 2.24) is 10.2 Å². The summed E-state index contributed by atoms with van der Waals surface area (Å²) in [7, 11) is 0. The minimum absolute atomic E-state index is 0.0206. The average molecular weight is 391 g/mol. The molecule has 0 fully saturated rings. The topological polar surface area (TPSA) is 49.4 Å². The first-order valence-electron chi connectivity index (χ1n) is 8.97. The van der Waals surface area contributed by atoms with Crippen LogP contribution < -0.4 is 5.32 Å². The van der Waals surface area contributed by atoms with Crippen molar-refractivity contribution in [2.75, 3.05) is 6.54 Å². The highest BCUT2D eigenvalue weighted by atomic mass is 35.5. The van der Waals surface area contributed by atoms with E-state index in [4.69, 9.17) is 11.6 Å². The van der Waals surface area contributed by atoms with Crippen LogP contribution in [-0.2, 0) is 22.6 Å². The number of carbonyl (C=O) groups is 2. The highest BCUT2D eigenvalue weighted by Crippen LogP contribution is 2.16. The van der Waals surface area contributed by atoms with Crippen LogP contribution in [0, 0.1) is 5.82 Å². The van der Waals surface area contributed by atoms with Gasteiger partial charge in [0, 0.05) is 23.7 Å². The smallest absolute Gasteiger partial charge is 0.242 e. The van der Waals surface area contributed by atoms with Crippen LogP contribution in [0.1, 0.15) is 31.4 Å². The van der Waals surface area contributed by atoms with Crippen LogP contribution in [0.5, 0.6) is 0 Å². The number of hydrogen-bond acceptors (Lipinski definition) is 2. The van der Waals surface area contributed by atoms with E-state index >= 15 is 0 Å². The molecule has 2 rings (SSSR count). The van der Waals surface area contributed by atoms with Gasteiger partial charge in [0.1, 0.15) is 11.9 Å². The number of benzene rings is 2. The zero-order valence-corrected chi connectivity index (χ0v) is 16.3. The van der Waals surface area contributed by atoms with Gasteiger partial charge in [0.25, 0.3) is 0 Å². The molecule has 0 saturated heterocycles. The van der Waals surface area contributed by atoms with Crippen molar-refractivity contribution in [2.45, 2.75) is 39.3 Å². The number of nitrogens with zero attached hydrogens (tertiary/aromatic N) is 1. The Morgan fingerprint density at radius 1 is 1.19 bits per heavy atom. The average Bonchev–Trinajstić information content (AvgIpc) is 2.64. The zero-order valence-electron chi connectivity index (χ0n) is 15.5. The van der Waals surface area contributed by atoms with Crippen LogP contribution >= 0.6 is 11.6 Å². The van der Waals surface area contributed by atoms with Gasteiger partial charge in [-0.3, -0.25) is 9.59 Å². The van der Waals surface area contributed by atoms with Gasteiger partial charge in [-0.1, -0.05) is 48.9 Å². The van der Waals surface area contributed by atoms with Crippen molar-refractivity contribution < 1.29 is 14.0 Å². The Balaban J connectivity index is 2.23. The maximum absolute atomic E-state index is 14.1. The van der Waals surface area contributed by atoms with Gasteiger partial charge in [-0.2, -0.15) is 0 Å². The molecule has 27 heavy (non-hydrogen) atoms. The maximum Gasteiger partial charge on any atom is 0.242 e. The molecular formula is C21H24ClFN2O2. The third-order valence-electron chi connectivity index (χ3n) is 4.26. The Kier molecular flexibility index (Phi) is 7.80. The first-order chi connectivity index (χ1) is 12.9. The Hall–Kier alpha value is -2.40. The molecule has 0 spiro atoms. The summed E-state index contributed by atoms with van der Waals surface area (Å²) in [6.07, 6.45) is 0.878.